The van der Waals surface area contributed by atoms with Crippen molar-refractivity contribution in [3.8, 4) is 0 Å². The first-order valence-corrected chi connectivity index (χ1v) is 6.47. The molecule has 0 atom stereocenters. The van der Waals surface area contributed by atoms with Gasteiger partial charge < -0.3 is 10.2 Å². The number of nitrogens with one attached hydrogen (secondary N) is 1. The fraction of sp³-hybridized carbons (Fsp3) is 0.250. The minimum atomic E-state index is 0.832. The van der Waals surface area contributed by atoms with Gasteiger partial charge in [0.25, 0.3) is 0 Å². The Labute approximate surface area is 110 Å². The molecule has 0 radical (unpaired) electrons. The molecule has 0 aliphatic rings. The average Bonchev–Trinajstić information content (AvgIpc) is 2.75. The van der Waals surface area contributed by atoms with E-state index in [9.17, 15) is 0 Å². The van der Waals surface area contributed by atoms with Crippen molar-refractivity contribution in [2.75, 3.05) is 24.3 Å². The van der Waals surface area contributed by atoms with Crippen molar-refractivity contribution in [1.82, 2.24) is 4.98 Å². The largest absolute Gasteiger partial charge is 0.373 e. The molecule has 0 spiro atoms. The smallest absolute Gasteiger partial charge is 0.127 e. The fourth-order valence-electron chi connectivity index (χ4n) is 1.56. The van der Waals surface area contributed by atoms with Crippen LogP contribution in [0.5, 0.6) is 0 Å². The molecule has 2 rings (SSSR count). The summed E-state index contributed by atoms with van der Waals surface area (Å²) >= 11 is 7.53. The number of rotatable bonds is 4. The van der Waals surface area contributed by atoms with Crippen LogP contribution in [-0.2, 0) is 6.54 Å². The van der Waals surface area contributed by atoms with Gasteiger partial charge in [0.05, 0.1) is 10.9 Å². The zero-order valence-corrected chi connectivity index (χ0v) is 11.3. The first-order valence-electron chi connectivity index (χ1n) is 5.28. The molecule has 0 saturated heterocycles. The number of thiophene rings is 1. The van der Waals surface area contributed by atoms with Crippen LogP contribution in [0.2, 0.25) is 4.34 Å². The van der Waals surface area contributed by atoms with Gasteiger partial charge in [-0.1, -0.05) is 11.6 Å². The van der Waals surface area contributed by atoms with E-state index in [0.29, 0.717) is 0 Å². The minimum Gasteiger partial charge on any atom is -0.373 e. The van der Waals surface area contributed by atoms with Gasteiger partial charge in [-0.15, -0.1) is 11.3 Å². The van der Waals surface area contributed by atoms with Crippen molar-refractivity contribution in [2.45, 2.75) is 6.54 Å². The number of aromatic nitrogens is 1. The third-order valence-electron chi connectivity index (χ3n) is 2.46. The minimum absolute atomic E-state index is 0.832. The zero-order chi connectivity index (χ0) is 12.3. The predicted molar refractivity (Wildman–Crippen MR) is 75.2 cm³/mol. The number of anilines is 2. The van der Waals surface area contributed by atoms with Crippen LogP contribution in [0.25, 0.3) is 0 Å². The quantitative estimate of drug-likeness (QED) is 0.919. The molecule has 2 aromatic rings. The van der Waals surface area contributed by atoms with Gasteiger partial charge in [-0.3, -0.25) is 0 Å². The Hall–Kier alpha value is -1.26. The van der Waals surface area contributed by atoms with E-state index in [1.54, 1.807) is 17.5 Å². The Morgan fingerprint density at radius 2 is 2.24 bits per heavy atom. The van der Waals surface area contributed by atoms with E-state index in [0.717, 1.165) is 22.4 Å². The van der Waals surface area contributed by atoms with Gasteiger partial charge in [0.15, 0.2) is 0 Å². The zero-order valence-electron chi connectivity index (χ0n) is 9.77. The number of pyridine rings is 1. The molecule has 2 aromatic heterocycles. The van der Waals surface area contributed by atoms with E-state index in [1.807, 2.05) is 25.2 Å². The first kappa shape index (κ1) is 12.2. The maximum atomic E-state index is 5.92. The second-order valence-corrected chi connectivity index (χ2v) is 5.51. The highest BCUT2D eigenvalue weighted by Crippen LogP contribution is 2.24. The summed E-state index contributed by atoms with van der Waals surface area (Å²) in [6, 6.07) is 8.01. The summed E-state index contributed by atoms with van der Waals surface area (Å²) in [6.07, 6.45) is 1.80. The van der Waals surface area contributed by atoms with Crippen molar-refractivity contribution in [3.63, 3.8) is 0 Å². The van der Waals surface area contributed by atoms with Crippen molar-refractivity contribution < 1.29 is 0 Å². The first-order chi connectivity index (χ1) is 8.19. The lowest BCUT2D eigenvalue weighted by Crippen LogP contribution is -2.15. The fourth-order valence-corrected chi connectivity index (χ4v) is 2.70. The van der Waals surface area contributed by atoms with Crippen LogP contribution in [0.15, 0.2) is 30.5 Å². The van der Waals surface area contributed by atoms with Crippen LogP contribution in [0.4, 0.5) is 11.5 Å². The molecule has 0 aliphatic carbocycles. The number of halogens is 1. The highest BCUT2D eigenvalue weighted by molar-refractivity contribution is 7.16. The summed E-state index contributed by atoms with van der Waals surface area (Å²) in [7, 11) is 3.92. The lowest BCUT2D eigenvalue weighted by atomic mass is 10.3. The van der Waals surface area contributed by atoms with Crippen molar-refractivity contribution in [1.29, 1.82) is 0 Å². The van der Waals surface area contributed by atoms with Gasteiger partial charge in [0.2, 0.25) is 0 Å². The molecule has 1 N–H and O–H groups in total. The Kier molecular flexibility index (Phi) is 3.86. The Morgan fingerprint density at radius 1 is 1.41 bits per heavy atom. The third-order valence-corrected chi connectivity index (χ3v) is 3.68. The Morgan fingerprint density at radius 3 is 2.88 bits per heavy atom. The van der Waals surface area contributed by atoms with Gasteiger partial charge in [-0.2, -0.15) is 0 Å². The van der Waals surface area contributed by atoms with Crippen LogP contribution < -0.4 is 10.2 Å². The molecule has 90 valence electrons. The standard InChI is InChI=1S/C12H14ClN3S/c1-14-12-7-9(5-6-15-12)16(2)8-10-3-4-11(13)17-10/h3-7H,8H2,1-2H3,(H,14,15). The topological polar surface area (TPSA) is 28.2 Å². The molecule has 5 heteroatoms. The van der Waals surface area contributed by atoms with E-state index in [2.05, 4.69) is 28.3 Å². The summed E-state index contributed by atoms with van der Waals surface area (Å²) in [5.74, 6) is 0.874. The van der Waals surface area contributed by atoms with Crippen LogP contribution in [0.3, 0.4) is 0 Å². The monoisotopic (exact) mass is 267 g/mol. The van der Waals surface area contributed by atoms with E-state index in [4.69, 9.17) is 11.6 Å². The van der Waals surface area contributed by atoms with Crippen LogP contribution in [0, 0.1) is 0 Å². The number of hydrogen-bond acceptors (Lipinski definition) is 4. The maximum absolute atomic E-state index is 5.92. The normalized spacial score (nSPS) is 10.3. The van der Waals surface area contributed by atoms with E-state index < -0.39 is 0 Å². The molecule has 0 amide bonds. The predicted octanol–water partition coefficient (Wildman–Crippen LogP) is 3.47. The molecule has 0 bridgehead atoms. The molecule has 17 heavy (non-hydrogen) atoms. The summed E-state index contributed by atoms with van der Waals surface area (Å²) in [4.78, 5) is 7.62. The van der Waals surface area contributed by atoms with E-state index in [-0.39, 0.29) is 0 Å². The van der Waals surface area contributed by atoms with Gasteiger partial charge >= 0.3 is 0 Å². The Balaban J connectivity index is 2.11. The second-order valence-electron chi connectivity index (χ2n) is 3.71. The maximum Gasteiger partial charge on any atom is 0.127 e. The molecule has 0 aliphatic heterocycles. The SMILES string of the molecule is CNc1cc(N(C)Cc2ccc(Cl)s2)ccn1. The van der Waals surface area contributed by atoms with Gasteiger partial charge in [0.1, 0.15) is 5.82 Å². The summed E-state index contributed by atoms with van der Waals surface area (Å²) in [6.45, 7) is 0.852. The molecule has 0 saturated carbocycles. The summed E-state index contributed by atoms with van der Waals surface area (Å²) in [5, 5.41) is 3.03. The average molecular weight is 268 g/mol. The van der Waals surface area contributed by atoms with Crippen LogP contribution in [0.1, 0.15) is 4.88 Å². The van der Waals surface area contributed by atoms with Gasteiger partial charge in [0, 0.05) is 36.9 Å². The van der Waals surface area contributed by atoms with Crippen LogP contribution >= 0.6 is 22.9 Å². The molecule has 0 aromatic carbocycles. The van der Waals surface area contributed by atoms with E-state index in [1.165, 1.54) is 4.88 Å². The van der Waals surface area contributed by atoms with Crippen molar-refractivity contribution in [3.05, 3.63) is 39.7 Å². The highest BCUT2D eigenvalue weighted by Gasteiger charge is 2.05. The lowest BCUT2D eigenvalue weighted by Gasteiger charge is -2.18. The third kappa shape index (κ3) is 3.11. The van der Waals surface area contributed by atoms with Crippen molar-refractivity contribution >= 4 is 34.4 Å². The van der Waals surface area contributed by atoms with Crippen molar-refractivity contribution in [2.24, 2.45) is 0 Å². The summed E-state index contributed by atoms with van der Waals surface area (Å²) < 4.78 is 0.832. The molecule has 0 unspecified atom stereocenters. The number of nitrogens with zero attached hydrogens (tertiary/aromatic N) is 2. The number of hydrogen-bond donors (Lipinski definition) is 1. The van der Waals surface area contributed by atoms with Gasteiger partial charge in [-0.05, 0) is 18.2 Å². The highest BCUT2D eigenvalue weighted by atomic mass is 35.5. The van der Waals surface area contributed by atoms with Crippen LogP contribution in [-0.4, -0.2) is 19.1 Å². The lowest BCUT2D eigenvalue weighted by molar-refractivity contribution is 0.938. The molecule has 2 heterocycles. The molecule has 3 nitrogen and oxygen atoms in total. The van der Waals surface area contributed by atoms with E-state index >= 15 is 0 Å². The second kappa shape index (κ2) is 5.38. The Bertz CT molecular complexity index is 498. The molecular weight excluding hydrogens is 254 g/mol. The van der Waals surface area contributed by atoms with Gasteiger partial charge in [-0.25, -0.2) is 4.98 Å². The molecule has 0 fully saturated rings. The molecular formula is C12H14ClN3S. The summed E-state index contributed by atoms with van der Waals surface area (Å²) in [5.41, 5.74) is 1.13.